The summed E-state index contributed by atoms with van der Waals surface area (Å²) in [7, 11) is 0. The molecule has 2 aromatic carbocycles. The van der Waals surface area contributed by atoms with Crippen LogP contribution in [0.2, 0.25) is 0 Å². The highest BCUT2D eigenvalue weighted by molar-refractivity contribution is 5.94. The maximum Gasteiger partial charge on any atom is 0.265 e. The second kappa shape index (κ2) is 7.32. The fraction of sp³-hybridized carbons (Fsp3) is 0.350. The van der Waals surface area contributed by atoms with Gasteiger partial charge >= 0.3 is 0 Å². The first kappa shape index (κ1) is 17.1. The van der Waals surface area contributed by atoms with Crippen LogP contribution in [0.4, 0.5) is 5.69 Å². The van der Waals surface area contributed by atoms with Gasteiger partial charge in [-0.05, 0) is 74.6 Å². The standard InChI is InChI=1S/C20H25NO2/c1-6-18(23-19-12-13(2)7-8-16(19)5)20(22)21-17-10-14(3)9-15(4)11-17/h7-12,18H,6H2,1-5H3,(H,21,22)/t18-/m0/s1. The van der Waals surface area contributed by atoms with Crippen molar-refractivity contribution in [1.82, 2.24) is 0 Å². The molecule has 0 aliphatic heterocycles. The lowest BCUT2D eigenvalue weighted by atomic mass is 10.1. The summed E-state index contributed by atoms with van der Waals surface area (Å²) in [5, 5.41) is 2.96. The van der Waals surface area contributed by atoms with E-state index < -0.39 is 6.10 Å². The molecule has 1 atom stereocenters. The predicted molar refractivity (Wildman–Crippen MR) is 95.2 cm³/mol. The molecular formula is C20H25NO2. The van der Waals surface area contributed by atoms with Crippen molar-refractivity contribution in [2.75, 3.05) is 5.32 Å². The van der Waals surface area contributed by atoms with Crippen LogP contribution in [0.25, 0.3) is 0 Å². The second-order valence-corrected chi connectivity index (χ2v) is 6.15. The Kier molecular flexibility index (Phi) is 5.43. The van der Waals surface area contributed by atoms with E-state index in [1.54, 1.807) is 0 Å². The molecule has 1 amide bonds. The van der Waals surface area contributed by atoms with Crippen molar-refractivity contribution < 1.29 is 9.53 Å². The minimum Gasteiger partial charge on any atom is -0.480 e. The molecule has 0 saturated heterocycles. The van der Waals surface area contributed by atoms with Gasteiger partial charge in [0.1, 0.15) is 5.75 Å². The van der Waals surface area contributed by atoms with Crippen LogP contribution >= 0.6 is 0 Å². The Bertz CT molecular complexity index is 687. The molecular weight excluding hydrogens is 286 g/mol. The third-order valence-corrected chi connectivity index (χ3v) is 3.77. The monoisotopic (exact) mass is 311 g/mol. The Morgan fingerprint density at radius 2 is 1.65 bits per heavy atom. The topological polar surface area (TPSA) is 38.3 Å². The van der Waals surface area contributed by atoms with E-state index in [1.807, 2.05) is 65.0 Å². The number of carbonyl (C=O) groups is 1. The van der Waals surface area contributed by atoms with E-state index in [4.69, 9.17) is 4.74 Å². The highest BCUT2D eigenvalue weighted by Crippen LogP contribution is 2.22. The van der Waals surface area contributed by atoms with Crippen molar-refractivity contribution in [3.8, 4) is 5.75 Å². The predicted octanol–water partition coefficient (Wildman–Crippen LogP) is 4.72. The molecule has 0 radical (unpaired) electrons. The summed E-state index contributed by atoms with van der Waals surface area (Å²) in [4.78, 5) is 12.5. The SMILES string of the molecule is CC[C@H](Oc1cc(C)ccc1C)C(=O)Nc1cc(C)cc(C)c1. The first-order chi connectivity index (χ1) is 10.9. The molecule has 0 aliphatic rings. The van der Waals surface area contributed by atoms with Gasteiger partial charge in [0.05, 0.1) is 0 Å². The van der Waals surface area contributed by atoms with Crippen LogP contribution < -0.4 is 10.1 Å². The van der Waals surface area contributed by atoms with Crippen molar-refractivity contribution >= 4 is 11.6 Å². The van der Waals surface area contributed by atoms with Crippen LogP contribution in [0.1, 0.15) is 35.6 Å². The molecule has 0 saturated carbocycles. The lowest BCUT2D eigenvalue weighted by Gasteiger charge is -2.19. The molecule has 3 nitrogen and oxygen atoms in total. The average molecular weight is 311 g/mol. The van der Waals surface area contributed by atoms with Gasteiger partial charge in [0.2, 0.25) is 0 Å². The number of hydrogen-bond acceptors (Lipinski definition) is 2. The molecule has 3 heteroatoms. The van der Waals surface area contributed by atoms with E-state index in [0.717, 1.165) is 33.7 Å². The number of nitrogens with one attached hydrogen (secondary N) is 1. The van der Waals surface area contributed by atoms with Crippen molar-refractivity contribution in [1.29, 1.82) is 0 Å². The molecule has 0 fully saturated rings. The van der Waals surface area contributed by atoms with E-state index in [1.165, 1.54) is 0 Å². The quantitative estimate of drug-likeness (QED) is 0.868. The first-order valence-electron chi connectivity index (χ1n) is 8.02. The molecule has 0 unspecified atom stereocenters. The number of benzene rings is 2. The minimum atomic E-state index is -0.503. The molecule has 0 aliphatic carbocycles. The first-order valence-corrected chi connectivity index (χ1v) is 8.02. The molecule has 1 N–H and O–H groups in total. The van der Waals surface area contributed by atoms with Crippen molar-refractivity contribution in [3.05, 3.63) is 58.7 Å². The van der Waals surface area contributed by atoms with Gasteiger partial charge in [-0.3, -0.25) is 4.79 Å². The third kappa shape index (κ3) is 4.59. The number of hydrogen-bond donors (Lipinski definition) is 1. The zero-order valence-corrected chi connectivity index (χ0v) is 14.6. The van der Waals surface area contributed by atoms with E-state index in [-0.39, 0.29) is 5.91 Å². The number of carbonyl (C=O) groups excluding carboxylic acids is 1. The maximum absolute atomic E-state index is 12.5. The highest BCUT2D eigenvalue weighted by atomic mass is 16.5. The second-order valence-electron chi connectivity index (χ2n) is 6.15. The average Bonchev–Trinajstić information content (AvgIpc) is 2.46. The molecule has 122 valence electrons. The number of rotatable bonds is 5. The van der Waals surface area contributed by atoms with Gasteiger partial charge in [0.25, 0.3) is 5.91 Å². The normalized spacial score (nSPS) is 11.9. The van der Waals surface area contributed by atoms with Crippen molar-refractivity contribution in [2.24, 2.45) is 0 Å². The summed E-state index contributed by atoms with van der Waals surface area (Å²) in [6.07, 6.45) is 0.112. The highest BCUT2D eigenvalue weighted by Gasteiger charge is 2.19. The molecule has 2 rings (SSSR count). The molecule has 0 bridgehead atoms. The Morgan fingerprint density at radius 3 is 2.26 bits per heavy atom. The summed E-state index contributed by atoms with van der Waals surface area (Å²) in [5.74, 6) is 0.658. The molecule has 23 heavy (non-hydrogen) atoms. The molecule has 0 heterocycles. The number of anilines is 1. The Balaban J connectivity index is 2.13. The Morgan fingerprint density at radius 1 is 1.00 bits per heavy atom. The van der Waals surface area contributed by atoms with Crippen LogP contribution in [0.15, 0.2) is 36.4 Å². The Labute approximate surface area is 138 Å². The van der Waals surface area contributed by atoms with Crippen LogP contribution in [-0.4, -0.2) is 12.0 Å². The van der Waals surface area contributed by atoms with Crippen LogP contribution in [0, 0.1) is 27.7 Å². The summed E-state index contributed by atoms with van der Waals surface area (Å²) >= 11 is 0. The summed E-state index contributed by atoms with van der Waals surface area (Å²) in [5.41, 5.74) is 5.23. The largest absolute Gasteiger partial charge is 0.480 e. The van der Waals surface area contributed by atoms with Gasteiger partial charge in [-0.15, -0.1) is 0 Å². The van der Waals surface area contributed by atoms with Gasteiger partial charge in [-0.2, -0.15) is 0 Å². The van der Waals surface area contributed by atoms with Gasteiger partial charge in [-0.25, -0.2) is 0 Å². The molecule has 2 aromatic rings. The van der Waals surface area contributed by atoms with Gasteiger partial charge < -0.3 is 10.1 Å². The van der Waals surface area contributed by atoms with Crippen LogP contribution in [0.5, 0.6) is 5.75 Å². The third-order valence-electron chi connectivity index (χ3n) is 3.77. The van der Waals surface area contributed by atoms with Crippen LogP contribution in [0.3, 0.4) is 0 Å². The fourth-order valence-corrected chi connectivity index (χ4v) is 2.58. The van der Waals surface area contributed by atoms with E-state index >= 15 is 0 Å². The number of aryl methyl sites for hydroxylation is 4. The van der Waals surface area contributed by atoms with Gasteiger partial charge in [0, 0.05) is 5.69 Å². The number of amides is 1. The van der Waals surface area contributed by atoms with Crippen molar-refractivity contribution in [2.45, 2.75) is 47.1 Å². The smallest absolute Gasteiger partial charge is 0.265 e. The fourth-order valence-electron chi connectivity index (χ4n) is 2.58. The molecule has 0 spiro atoms. The zero-order valence-electron chi connectivity index (χ0n) is 14.6. The Hall–Kier alpha value is -2.29. The lowest BCUT2D eigenvalue weighted by Crippen LogP contribution is -2.32. The van der Waals surface area contributed by atoms with Crippen LogP contribution in [-0.2, 0) is 4.79 Å². The van der Waals surface area contributed by atoms with Gasteiger partial charge in [-0.1, -0.05) is 25.1 Å². The summed E-state index contributed by atoms with van der Waals surface area (Å²) < 4.78 is 5.96. The maximum atomic E-state index is 12.5. The number of ether oxygens (including phenoxy) is 1. The zero-order chi connectivity index (χ0) is 17.0. The van der Waals surface area contributed by atoms with E-state index in [2.05, 4.69) is 11.4 Å². The lowest BCUT2D eigenvalue weighted by molar-refractivity contribution is -0.122. The summed E-state index contributed by atoms with van der Waals surface area (Å²) in [6.45, 7) is 10.0. The minimum absolute atomic E-state index is 0.113. The van der Waals surface area contributed by atoms with E-state index in [9.17, 15) is 4.79 Å². The van der Waals surface area contributed by atoms with E-state index in [0.29, 0.717) is 6.42 Å². The van der Waals surface area contributed by atoms with Gasteiger partial charge in [0.15, 0.2) is 6.10 Å². The van der Waals surface area contributed by atoms with Crippen molar-refractivity contribution in [3.63, 3.8) is 0 Å². The molecule has 0 aromatic heterocycles. The summed E-state index contributed by atoms with van der Waals surface area (Å²) in [6, 6.07) is 12.0.